The molecule has 0 aromatic carbocycles. The Kier molecular flexibility index (Phi) is 8.27. The summed E-state index contributed by atoms with van der Waals surface area (Å²) >= 11 is 0. The number of nitrogens with one attached hydrogen (secondary N) is 2. The highest BCUT2D eigenvalue weighted by molar-refractivity contribution is 5.91. The third kappa shape index (κ3) is 5.17. The highest BCUT2D eigenvalue weighted by Gasteiger charge is 2.31. The second kappa shape index (κ2) is 8.84. The van der Waals surface area contributed by atoms with E-state index >= 15 is 0 Å². The Morgan fingerprint density at radius 3 is 2.62 bits per heavy atom. The van der Waals surface area contributed by atoms with E-state index in [4.69, 9.17) is 5.73 Å². The van der Waals surface area contributed by atoms with Crippen molar-refractivity contribution < 1.29 is 14.4 Å². The van der Waals surface area contributed by atoms with Crippen molar-refractivity contribution in [2.24, 2.45) is 11.7 Å². The van der Waals surface area contributed by atoms with Crippen LogP contribution >= 0.6 is 12.4 Å². The smallest absolute Gasteiger partial charge is 0.242 e. The van der Waals surface area contributed by atoms with Gasteiger partial charge in [-0.3, -0.25) is 14.4 Å². The lowest BCUT2D eigenvalue weighted by atomic mass is 10.1. The first-order chi connectivity index (χ1) is 9.38. The maximum atomic E-state index is 12.1. The predicted octanol–water partition coefficient (Wildman–Crippen LogP) is -0.755. The normalized spacial score (nSPS) is 19.6. The van der Waals surface area contributed by atoms with E-state index in [1.54, 1.807) is 0 Å². The van der Waals surface area contributed by atoms with Gasteiger partial charge in [0.1, 0.15) is 6.04 Å². The third-order valence-electron chi connectivity index (χ3n) is 3.47. The van der Waals surface area contributed by atoms with Crippen molar-refractivity contribution in [3.05, 3.63) is 0 Å². The Morgan fingerprint density at radius 2 is 2.10 bits per heavy atom. The molecule has 0 bridgehead atoms. The van der Waals surface area contributed by atoms with Gasteiger partial charge in [0.15, 0.2) is 0 Å². The van der Waals surface area contributed by atoms with Crippen molar-refractivity contribution in [3.63, 3.8) is 0 Å². The maximum absolute atomic E-state index is 12.1. The largest absolute Gasteiger partial charge is 0.353 e. The molecule has 1 heterocycles. The molecule has 4 N–H and O–H groups in total. The fourth-order valence-electron chi connectivity index (χ4n) is 2.10. The summed E-state index contributed by atoms with van der Waals surface area (Å²) in [6, 6.07) is -1.08. The van der Waals surface area contributed by atoms with Crippen LogP contribution in [0.5, 0.6) is 0 Å². The molecule has 1 aliphatic heterocycles. The van der Waals surface area contributed by atoms with E-state index in [0.29, 0.717) is 19.5 Å². The van der Waals surface area contributed by atoms with Crippen LogP contribution in [0.1, 0.15) is 27.2 Å². The molecule has 0 saturated carbocycles. The summed E-state index contributed by atoms with van der Waals surface area (Å²) in [5, 5.41) is 5.26. The minimum atomic E-state index is -0.630. The highest BCUT2D eigenvalue weighted by Crippen LogP contribution is 2.08. The average Bonchev–Trinajstić information content (AvgIpc) is 2.42. The van der Waals surface area contributed by atoms with Gasteiger partial charge in [0.25, 0.3) is 0 Å². The van der Waals surface area contributed by atoms with E-state index in [-0.39, 0.29) is 42.6 Å². The van der Waals surface area contributed by atoms with Gasteiger partial charge in [-0.05, 0) is 12.3 Å². The summed E-state index contributed by atoms with van der Waals surface area (Å²) in [6.45, 7) is 6.32. The van der Waals surface area contributed by atoms with Crippen LogP contribution in [-0.2, 0) is 14.4 Å². The number of rotatable bonds is 5. The van der Waals surface area contributed by atoms with Crippen molar-refractivity contribution in [3.8, 4) is 0 Å². The lowest BCUT2D eigenvalue weighted by Gasteiger charge is -2.34. The Bertz CT molecular complexity index is 390. The van der Waals surface area contributed by atoms with Crippen LogP contribution in [0.4, 0.5) is 0 Å². The number of nitrogens with two attached hydrogens (primary N) is 1. The van der Waals surface area contributed by atoms with E-state index in [9.17, 15) is 14.4 Å². The van der Waals surface area contributed by atoms with Crippen molar-refractivity contribution in [2.45, 2.75) is 39.3 Å². The summed E-state index contributed by atoms with van der Waals surface area (Å²) in [4.78, 5) is 37.0. The van der Waals surface area contributed by atoms with E-state index in [1.807, 2.05) is 20.8 Å². The first-order valence-corrected chi connectivity index (χ1v) is 6.99. The summed E-state index contributed by atoms with van der Waals surface area (Å²) in [6.07, 6.45) is 0.553. The number of hydrogen-bond donors (Lipinski definition) is 3. The summed E-state index contributed by atoms with van der Waals surface area (Å²) in [5.41, 5.74) is 5.70. The van der Waals surface area contributed by atoms with Gasteiger partial charge in [0.05, 0.1) is 12.6 Å². The summed E-state index contributed by atoms with van der Waals surface area (Å²) in [7, 11) is 0. The second-order valence-electron chi connectivity index (χ2n) is 5.29. The van der Waals surface area contributed by atoms with Crippen molar-refractivity contribution in [1.29, 1.82) is 0 Å². The number of carbonyl (C=O) groups is 3. The predicted molar refractivity (Wildman–Crippen MR) is 81.9 cm³/mol. The molecule has 21 heavy (non-hydrogen) atoms. The van der Waals surface area contributed by atoms with E-state index < -0.39 is 12.1 Å². The van der Waals surface area contributed by atoms with E-state index in [2.05, 4.69) is 10.6 Å². The van der Waals surface area contributed by atoms with Crippen LogP contribution in [0.3, 0.4) is 0 Å². The molecule has 1 fully saturated rings. The van der Waals surface area contributed by atoms with Crippen LogP contribution in [0.15, 0.2) is 0 Å². The van der Waals surface area contributed by atoms with Crippen LogP contribution in [0, 0.1) is 5.92 Å². The molecule has 0 aliphatic carbocycles. The van der Waals surface area contributed by atoms with Gasteiger partial charge in [-0.1, -0.05) is 20.8 Å². The summed E-state index contributed by atoms with van der Waals surface area (Å²) < 4.78 is 0. The number of halogens is 1. The Morgan fingerprint density at radius 1 is 1.48 bits per heavy atom. The molecule has 0 radical (unpaired) electrons. The highest BCUT2D eigenvalue weighted by atomic mass is 35.5. The standard InChI is InChI=1S/C13H24N4O3.ClH/c1-4-9-12(19)15-5-6-17(9)10(18)7-16-13(20)11(14)8(2)3;/h8-9,11H,4-7,14H2,1-3H3,(H,15,19)(H,16,20);1H/t9?,11-;/m0./s1. The number of hydrogen-bond acceptors (Lipinski definition) is 4. The molecule has 0 spiro atoms. The van der Waals surface area contributed by atoms with Crippen LogP contribution < -0.4 is 16.4 Å². The molecular formula is C13H25ClN4O3. The molecule has 1 saturated heterocycles. The molecule has 8 heteroatoms. The SMILES string of the molecule is CCC1C(=O)NCCN1C(=O)CNC(=O)[C@@H](N)C(C)C.Cl. The number of nitrogens with zero attached hydrogens (tertiary/aromatic N) is 1. The average molecular weight is 321 g/mol. The van der Waals surface area contributed by atoms with E-state index in [1.165, 1.54) is 4.90 Å². The molecule has 0 aromatic heterocycles. The fraction of sp³-hybridized carbons (Fsp3) is 0.769. The van der Waals surface area contributed by atoms with Gasteiger partial charge >= 0.3 is 0 Å². The number of amides is 3. The van der Waals surface area contributed by atoms with Crippen molar-refractivity contribution in [1.82, 2.24) is 15.5 Å². The monoisotopic (exact) mass is 320 g/mol. The Hall–Kier alpha value is -1.34. The molecule has 0 aromatic rings. The van der Waals surface area contributed by atoms with Crippen LogP contribution in [0.2, 0.25) is 0 Å². The minimum absolute atomic E-state index is 0. The maximum Gasteiger partial charge on any atom is 0.242 e. The zero-order chi connectivity index (χ0) is 15.3. The minimum Gasteiger partial charge on any atom is -0.353 e. The summed E-state index contributed by atoms with van der Waals surface area (Å²) in [5.74, 6) is -0.731. The molecular weight excluding hydrogens is 296 g/mol. The quantitative estimate of drug-likeness (QED) is 0.619. The van der Waals surface area contributed by atoms with Gasteiger partial charge in [-0.25, -0.2) is 0 Å². The molecule has 1 aliphatic rings. The zero-order valence-corrected chi connectivity index (χ0v) is 13.5. The Balaban J connectivity index is 0.00000400. The van der Waals surface area contributed by atoms with Crippen molar-refractivity contribution >= 4 is 30.1 Å². The van der Waals surface area contributed by atoms with Gasteiger partial charge in [0, 0.05) is 13.1 Å². The molecule has 122 valence electrons. The third-order valence-corrected chi connectivity index (χ3v) is 3.47. The first kappa shape index (κ1) is 19.7. The topological polar surface area (TPSA) is 105 Å². The Labute approximate surface area is 131 Å². The van der Waals surface area contributed by atoms with Crippen LogP contribution in [0.25, 0.3) is 0 Å². The number of carbonyl (C=O) groups excluding carboxylic acids is 3. The van der Waals surface area contributed by atoms with Gasteiger partial charge < -0.3 is 21.3 Å². The zero-order valence-electron chi connectivity index (χ0n) is 12.7. The first-order valence-electron chi connectivity index (χ1n) is 6.99. The van der Waals surface area contributed by atoms with Crippen molar-refractivity contribution in [2.75, 3.05) is 19.6 Å². The fourth-order valence-corrected chi connectivity index (χ4v) is 2.10. The molecule has 2 atom stereocenters. The van der Waals surface area contributed by atoms with Gasteiger partial charge in [-0.15, -0.1) is 12.4 Å². The van der Waals surface area contributed by atoms with E-state index in [0.717, 1.165) is 0 Å². The number of piperazine rings is 1. The lowest BCUT2D eigenvalue weighted by molar-refractivity contribution is -0.143. The molecule has 3 amide bonds. The van der Waals surface area contributed by atoms with Crippen LogP contribution in [-0.4, -0.2) is 54.3 Å². The second-order valence-corrected chi connectivity index (χ2v) is 5.29. The molecule has 1 rings (SSSR count). The van der Waals surface area contributed by atoms with Gasteiger partial charge in [0.2, 0.25) is 17.7 Å². The van der Waals surface area contributed by atoms with Gasteiger partial charge in [-0.2, -0.15) is 0 Å². The lowest BCUT2D eigenvalue weighted by Crippen LogP contribution is -2.59. The molecule has 1 unspecified atom stereocenters. The molecule has 7 nitrogen and oxygen atoms in total.